The summed E-state index contributed by atoms with van der Waals surface area (Å²) in [7, 11) is 0. The molecule has 2 aromatic rings. The Hall–Kier alpha value is -4.71. The van der Waals surface area contributed by atoms with Crippen molar-refractivity contribution < 1.29 is 34.2 Å². The number of carboxylic acid groups (broad SMARTS) is 2. The number of allylic oxidation sites excluding steroid dienone is 2. The van der Waals surface area contributed by atoms with Gasteiger partial charge in [-0.05, 0) is 55.7 Å². The number of nitrogens with two attached hydrogens (primary N) is 1. The molecule has 0 amide bonds. The highest BCUT2D eigenvalue weighted by atomic mass is 35.5. The Labute approximate surface area is 244 Å². The van der Waals surface area contributed by atoms with Gasteiger partial charge in [-0.1, -0.05) is 23.2 Å². The summed E-state index contributed by atoms with van der Waals surface area (Å²) < 4.78 is 0. The van der Waals surface area contributed by atoms with Gasteiger partial charge in [-0.2, -0.15) is 10.5 Å². The number of nitrogen functional groups attached to an aromatic ring is 1. The monoisotopic (exact) mass is 598 g/mol. The van der Waals surface area contributed by atoms with Crippen LogP contribution >= 0.6 is 23.2 Å². The summed E-state index contributed by atoms with van der Waals surface area (Å²) in [5.74, 6) is -3.65. The van der Waals surface area contributed by atoms with Crippen molar-refractivity contribution in [1.82, 2.24) is 0 Å². The van der Waals surface area contributed by atoms with Crippen LogP contribution in [0.25, 0.3) is 0 Å². The van der Waals surface area contributed by atoms with Gasteiger partial charge in [0.25, 0.3) is 0 Å². The van der Waals surface area contributed by atoms with Crippen LogP contribution in [-0.4, -0.2) is 39.5 Å². The number of anilines is 2. The zero-order valence-electron chi connectivity index (χ0n) is 21.4. The minimum absolute atomic E-state index is 0.0816. The first-order chi connectivity index (χ1) is 19.4. The normalized spacial score (nSPS) is 14.9. The zero-order chi connectivity index (χ0) is 30.7. The van der Waals surface area contributed by atoms with Crippen molar-refractivity contribution in [2.75, 3.05) is 11.1 Å². The van der Waals surface area contributed by atoms with Crippen molar-refractivity contribution in [3.8, 4) is 12.1 Å². The molecule has 0 heterocycles. The van der Waals surface area contributed by atoms with Crippen molar-refractivity contribution in [2.45, 2.75) is 38.5 Å². The number of nitrogens with one attached hydrogen (secondary N) is 1. The van der Waals surface area contributed by atoms with Gasteiger partial charge in [0.15, 0.2) is 23.3 Å². The van der Waals surface area contributed by atoms with E-state index in [0.717, 1.165) is 0 Å². The predicted octanol–water partition coefficient (Wildman–Crippen LogP) is 5.05. The van der Waals surface area contributed by atoms with Gasteiger partial charge in [0.1, 0.15) is 11.6 Å². The third-order valence-corrected chi connectivity index (χ3v) is 6.56. The van der Waals surface area contributed by atoms with E-state index in [1.54, 1.807) is 6.07 Å². The molecule has 11 nitrogen and oxygen atoms in total. The van der Waals surface area contributed by atoms with Gasteiger partial charge >= 0.3 is 11.9 Å². The molecule has 4 rings (SSSR count). The fraction of sp³-hybridized carbons (Fsp3) is 0.250. The molecule has 0 radical (unpaired) electrons. The Morgan fingerprint density at radius 3 is 1.88 bits per heavy atom. The second-order valence-corrected chi connectivity index (χ2v) is 9.57. The van der Waals surface area contributed by atoms with Crippen molar-refractivity contribution in [1.29, 1.82) is 10.5 Å². The minimum Gasteiger partial charge on any atom is -0.478 e. The van der Waals surface area contributed by atoms with Crippen molar-refractivity contribution in [3.63, 3.8) is 0 Å². The molecular formula is C28H24Cl2N4O7. The summed E-state index contributed by atoms with van der Waals surface area (Å²) in [5.41, 5.74) is 6.84. The number of carboxylic acids is 2. The summed E-state index contributed by atoms with van der Waals surface area (Å²) in [6.45, 7) is 0. The maximum Gasteiger partial charge on any atom is 0.335 e. The first-order valence-electron chi connectivity index (χ1n) is 12.1. The largest absolute Gasteiger partial charge is 0.478 e. The number of nitrogens with zero attached hydrogens (tertiary/aromatic N) is 2. The van der Waals surface area contributed by atoms with Crippen LogP contribution in [0.4, 0.5) is 11.4 Å². The maximum absolute atomic E-state index is 11.6. The Morgan fingerprint density at radius 1 is 0.854 bits per heavy atom. The van der Waals surface area contributed by atoms with E-state index in [-0.39, 0.29) is 39.7 Å². The molecule has 1 saturated carbocycles. The molecule has 1 fully saturated rings. The second-order valence-electron chi connectivity index (χ2n) is 8.76. The van der Waals surface area contributed by atoms with Crippen molar-refractivity contribution in [3.05, 3.63) is 68.8 Å². The summed E-state index contributed by atoms with van der Waals surface area (Å²) in [6.07, 6.45) is 2.98. The fourth-order valence-electron chi connectivity index (χ4n) is 3.74. The first-order valence-corrected chi connectivity index (χ1v) is 12.8. The molecule has 41 heavy (non-hydrogen) atoms. The molecular weight excluding hydrogens is 575 g/mol. The van der Waals surface area contributed by atoms with Crippen molar-refractivity contribution in [2.24, 2.45) is 5.92 Å². The molecule has 0 unspecified atom stereocenters. The molecule has 13 heteroatoms. The molecule has 0 spiro atoms. The SMILES string of the molecule is N#CC1=C(Nc2cc(C(=O)O)ccc2Cl)CCCC1=O.N#CC1C(=O)CCCC1=O.Nc1cc(C(=O)O)ccc1Cl. The van der Waals surface area contributed by atoms with E-state index < -0.39 is 17.9 Å². The lowest BCUT2D eigenvalue weighted by atomic mass is 9.88. The molecule has 0 atom stereocenters. The quantitative estimate of drug-likeness (QED) is 0.270. The molecule has 212 valence electrons. The predicted molar refractivity (Wildman–Crippen MR) is 149 cm³/mol. The third kappa shape index (κ3) is 9.17. The number of ketones is 3. The van der Waals surface area contributed by atoms with E-state index >= 15 is 0 Å². The number of benzene rings is 2. The first kappa shape index (κ1) is 32.5. The van der Waals surface area contributed by atoms with Gasteiger partial charge in [0.2, 0.25) is 0 Å². The van der Waals surface area contributed by atoms with Gasteiger partial charge < -0.3 is 21.3 Å². The lowest BCUT2D eigenvalue weighted by Crippen LogP contribution is -2.26. The Morgan fingerprint density at radius 2 is 1.39 bits per heavy atom. The summed E-state index contributed by atoms with van der Waals surface area (Å²) in [5, 5.41) is 38.4. The van der Waals surface area contributed by atoms with E-state index in [1.807, 2.05) is 6.07 Å². The number of hydrogen-bond donors (Lipinski definition) is 4. The highest BCUT2D eigenvalue weighted by Crippen LogP contribution is 2.29. The lowest BCUT2D eigenvalue weighted by Gasteiger charge is -2.18. The van der Waals surface area contributed by atoms with Crippen LogP contribution in [0, 0.1) is 28.6 Å². The molecule has 0 saturated heterocycles. The number of halogens is 2. The smallest absolute Gasteiger partial charge is 0.335 e. The zero-order valence-corrected chi connectivity index (χ0v) is 23.0. The van der Waals surface area contributed by atoms with Gasteiger partial charge in [0, 0.05) is 25.0 Å². The standard InChI is InChI=1S/C14H11ClN2O3.C7H6ClNO2.C7H7NO2/c15-10-5-4-8(14(19)20)6-12(10)17-11-2-1-3-13(18)9(11)7-16;8-5-2-1-4(7(10)11)3-6(5)9;8-4-5-6(9)2-1-3-7(5)10/h4-6,17H,1-3H2,(H,19,20);1-3H,9H2,(H,10,11);5H,1-3H2. The summed E-state index contributed by atoms with van der Waals surface area (Å²) >= 11 is 11.6. The number of nitriles is 2. The van der Waals surface area contributed by atoms with Gasteiger partial charge in [0.05, 0.1) is 38.6 Å². The van der Waals surface area contributed by atoms with Crippen LogP contribution in [0.1, 0.15) is 59.2 Å². The lowest BCUT2D eigenvalue weighted by molar-refractivity contribution is -0.133. The van der Waals surface area contributed by atoms with E-state index in [1.165, 1.54) is 36.4 Å². The fourth-order valence-corrected chi connectivity index (χ4v) is 4.02. The van der Waals surface area contributed by atoms with E-state index in [2.05, 4.69) is 5.32 Å². The molecule has 2 aliphatic carbocycles. The molecule has 0 aromatic heterocycles. The Balaban J connectivity index is 0.000000236. The number of carbonyl (C=O) groups is 5. The van der Waals surface area contributed by atoms with E-state index in [9.17, 15) is 24.0 Å². The number of hydrogen-bond acceptors (Lipinski definition) is 9. The topological polar surface area (TPSA) is 211 Å². The highest BCUT2D eigenvalue weighted by Gasteiger charge is 2.29. The van der Waals surface area contributed by atoms with Crippen LogP contribution in [-0.2, 0) is 14.4 Å². The minimum atomic E-state index is -1.07. The second kappa shape index (κ2) is 15.2. The van der Waals surface area contributed by atoms with Gasteiger partial charge in [-0.15, -0.1) is 0 Å². The highest BCUT2D eigenvalue weighted by molar-refractivity contribution is 6.33. The van der Waals surface area contributed by atoms with Crippen LogP contribution < -0.4 is 11.1 Å². The average molecular weight is 599 g/mol. The number of rotatable bonds is 4. The summed E-state index contributed by atoms with van der Waals surface area (Å²) in [6, 6.07) is 12.0. The van der Waals surface area contributed by atoms with Crippen molar-refractivity contribution >= 4 is 63.9 Å². The Bertz CT molecular complexity index is 1490. The van der Waals surface area contributed by atoms with Gasteiger partial charge in [-0.3, -0.25) is 14.4 Å². The molecule has 2 aliphatic rings. The maximum atomic E-state index is 11.6. The molecule has 0 aliphatic heterocycles. The van der Waals surface area contributed by atoms with Crippen LogP contribution in [0.15, 0.2) is 47.7 Å². The molecule has 0 bridgehead atoms. The number of aromatic carboxylic acids is 2. The van der Waals surface area contributed by atoms with Crippen LogP contribution in [0.5, 0.6) is 0 Å². The van der Waals surface area contributed by atoms with Gasteiger partial charge in [-0.25, -0.2) is 9.59 Å². The molecule has 2 aromatic carbocycles. The average Bonchev–Trinajstić information content (AvgIpc) is 2.92. The van der Waals surface area contributed by atoms with Crippen LogP contribution in [0.2, 0.25) is 10.0 Å². The summed E-state index contributed by atoms with van der Waals surface area (Å²) in [4.78, 5) is 54.5. The molecule has 5 N–H and O–H groups in total. The number of carbonyl (C=O) groups excluding carboxylic acids is 3. The Kier molecular flexibility index (Phi) is 12.0. The number of Topliss-reactive ketones (excluding diaryl/α,β-unsaturated/α-hetero) is 3. The van der Waals surface area contributed by atoms with Crippen LogP contribution in [0.3, 0.4) is 0 Å². The van der Waals surface area contributed by atoms with E-state index in [0.29, 0.717) is 60.0 Å². The van der Waals surface area contributed by atoms with E-state index in [4.69, 9.17) is 49.7 Å². The third-order valence-electron chi connectivity index (χ3n) is 5.88.